The molecule has 0 radical (unpaired) electrons. The second kappa shape index (κ2) is 4.78. The monoisotopic (exact) mass is 303 g/mol. The summed E-state index contributed by atoms with van der Waals surface area (Å²) in [5.74, 6) is 1.16. The van der Waals surface area contributed by atoms with Gasteiger partial charge in [0.2, 0.25) is 0 Å². The number of halogens is 1. The van der Waals surface area contributed by atoms with Gasteiger partial charge in [0.05, 0.1) is 10.6 Å². The minimum absolute atomic E-state index is 0.00194. The lowest BCUT2D eigenvalue weighted by Gasteiger charge is -2.07. The van der Waals surface area contributed by atoms with E-state index in [-0.39, 0.29) is 10.8 Å². The van der Waals surface area contributed by atoms with Crippen molar-refractivity contribution in [3.8, 4) is 5.69 Å². The summed E-state index contributed by atoms with van der Waals surface area (Å²) >= 11 is 6.19. The van der Waals surface area contributed by atoms with Crippen molar-refractivity contribution in [1.29, 1.82) is 0 Å². The predicted molar refractivity (Wildman–Crippen MR) is 77.8 cm³/mol. The number of nitrogens with zero attached hydrogens (tertiary/aromatic N) is 5. The topological polar surface area (TPSA) is 86.7 Å². The molecule has 2 aromatic heterocycles. The molecule has 8 heteroatoms. The molecule has 3 rings (SSSR count). The molecule has 0 amide bonds. The Balaban J connectivity index is 2.32. The molecule has 2 heterocycles. The van der Waals surface area contributed by atoms with Gasteiger partial charge in [0.25, 0.3) is 5.69 Å². The summed E-state index contributed by atoms with van der Waals surface area (Å²) in [6, 6.07) is 6.25. The highest BCUT2D eigenvalue weighted by molar-refractivity contribution is 6.33. The highest BCUT2D eigenvalue weighted by atomic mass is 35.5. The van der Waals surface area contributed by atoms with Gasteiger partial charge in [-0.25, -0.2) is 15.0 Å². The molecule has 0 spiro atoms. The zero-order valence-corrected chi connectivity index (χ0v) is 12.0. The van der Waals surface area contributed by atoms with E-state index in [1.807, 2.05) is 0 Å². The lowest BCUT2D eigenvalue weighted by Crippen LogP contribution is -2.00. The fourth-order valence-electron chi connectivity index (χ4n) is 2.22. The van der Waals surface area contributed by atoms with E-state index in [0.29, 0.717) is 28.5 Å². The van der Waals surface area contributed by atoms with Crippen molar-refractivity contribution in [3.05, 3.63) is 51.2 Å². The van der Waals surface area contributed by atoms with Crippen LogP contribution in [0.1, 0.15) is 11.6 Å². The van der Waals surface area contributed by atoms with Crippen LogP contribution in [0.5, 0.6) is 0 Å². The van der Waals surface area contributed by atoms with Crippen LogP contribution >= 0.6 is 11.6 Å². The molecule has 0 saturated carbocycles. The SMILES string of the molecule is Cc1nc(Cl)c2c(n1)nc(C)n2-c1cccc([N+](=O)[O-])c1. The van der Waals surface area contributed by atoms with Gasteiger partial charge >= 0.3 is 0 Å². The number of aryl methyl sites for hydroxylation is 2. The molecule has 0 atom stereocenters. The second-order valence-electron chi connectivity index (χ2n) is 4.51. The molecule has 0 bridgehead atoms. The van der Waals surface area contributed by atoms with Gasteiger partial charge < -0.3 is 0 Å². The highest BCUT2D eigenvalue weighted by Gasteiger charge is 2.17. The van der Waals surface area contributed by atoms with Crippen LogP contribution in [0.15, 0.2) is 24.3 Å². The van der Waals surface area contributed by atoms with E-state index in [4.69, 9.17) is 11.6 Å². The molecule has 3 aromatic rings. The summed E-state index contributed by atoms with van der Waals surface area (Å²) in [6.45, 7) is 3.51. The number of hydrogen-bond donors (Lipinski definition) is 0. The van der Waals surface area contributed by atoms with Gasteiger partial charge in [-0.3, -0.25) is 14.7 Å². The molecule has 0 N–H and O–H groups in total. The first-order valence-electron chi connectivity index (χ1n) is 6.11. The Morgan fingerprint density at radius 2 is 2.00 bits per heavy atom. The smallest absolute Gasteiger partial charge is 0.271 e. The van der Waals surface area contributed by atoms with Gasteiger partial charge in [-0.2, -0.15) is 0 Å². The normalized spacial score (nSPS) is 11.0. The first kappa shape index (κ1) is 13.4. The zero-order valence-electron chi connectivity index (χ0n) is 11.2. The summed E-state index contributed by atoms with van der Waals surface area (Å²) in [4.78, 5) is 23.2. The van der Waals surface area contributed by atoms with E-state index >= 15 is 0 Å². The minimum atomic E-state index is -0.444. The summed E-state index contributed by atoms with van der Waals surface area (Å²) in [5.41, 5.74) is 1.60. The Hall–Kier alpha value is -2.54. The van der Waals surface area contributed by atoms with Crippen molar-refractivity contribution >= 4 is 28.5 Å². The molecule has 0 fully saturated rings. The van der Waals surface area contributed by atoms with Crippen LogP contribution in [0.3, 0.4) is 0 Å². The molecular formula is C13H10ClN5O2. The van der Waals surface area contributed by atoms with Gasteiger partial charge in [0.15, 0.2) is 10.8 Å². The van der Waals surface area contributed by atoms with Gasteiger partial charge in [0.1, 0.15) is 17.2 Å². The number of benzene rings is 1. The number of non-ortho nitro benzene ring substituents is 1. The molecule has 1 aromatic carbocycles. The van der Waals surface area contributed by atoms with Crippen LogP contribution < -0.4 is 0 Å². The Bertz CT molecular complexity index is 874. The maximum Gasteiger partial charge on any atom is 0.271 e. The molecule has 7 nitrogen and oxygen atoms in total. The number of hydrogen-bond acceptors (Lipinski definition) is 5. The van der Waals surface area contributed by atoms with Crippen LogP contribution in [-0.4, -0.2) is 24.4 Å². The number of nitro groups is 1. The van der Waals surface area contributed by atoms with Gasteiger partial charge in [-0.1, -0.05) is 17.7 Å². The van der Waals surface area contributed by atoms with Gasteiger partial charge in [0, 0.05) is 12.1 Å². The van der Waals surface area contributed by atoms with Crippen molar-refractivity contribution in [2.24, 2.45) is 0 Å². The van der Waals surface area contributed by atoms with Crippen LogP contribution in [0.2, 0.25) is 5.15 Å². The average molecular weight is 304 g/mol. The number of imidazole rings is 1. The van der Waals surface area contributed by atoms with Crippen molar-refractivity contribution in [2.75, 3.05) is 0 Å². The predicted octanol–water partition coefficient (Wildman–Crippen LogP) is 2.99. The fourth-order valence-corrected chi connectivity index (χ4v) is 2.51. The summed E-state index contributed by atoms with van der Waals surface area (Å²) in [6.07, 6.45) is 0. The highest BCUT2D eigenvalue weighted by Crippen LogP contribution is 2.27. The largest absolute Gasteiger partial charge is 0.292 e. The Morgan fingerprint density at radius 1 is 1.24 bits per heavy atom. The third kappa shape index (κ3) is 2.21. The second-order valence-corrected chi connectivity index (χ2v) is 4.86. The van der Waals surface area contributed by atoms with E-state index < -0.39 is 4.92 Å². The quantitative estimate of drug-likeness (QED) is 0.412. The Labute approximate surface area is 124 Å². The third-order valence-corrected chi connectivity index (χ3v) is 3.31. The van der Waals surface area contributed by atoms with Crippen molar-refractivity contribution < 1.29 is 4.92 Å². The zero-order chi connectivity index (χ0) is 15.1. The maximum atomic E-state index is 10.9. The fraction of sp³-hybridized carbons (Fsp3) is 0.154. The average Bonchev–Trinajstić information content (AvgIpc) is 2.75. The Kier molecular flexibility index (Phi) is 3.06. The van der Waals surface area contributed by atoms with E-state index in [0.717, 1.165) is 0 Å². The molecule has 0 unspecified atom stereocenters. The van der Waals surface area contributed by atoms with Crippen molar-refractivity contribution in [3.63, 3.8) is 0 Å². The van der Waals surface area contributed by atoms with Crippen molar-refractivity contribution in [1.82, 2.24) is 19.5 Å². The maximum absolute atomic E-state index is 10.9. The van der Waals surface area contributed by atoms with E-state index in [1.165, 1.54) is 12.1 Å². The van der Waals surface area contributed by atoms with Crippen LogP contribution in [0.25, 0.3) is 16.9 Å². The van der Waals surface area contributed by atoms with Crippen molar-refractivity contribution in [2.45, 2.75) is 13.8 Å². The number of aromatic nitrogens is 4. The van der Waals surface area contributed by atoms with E-state index in [2.05, 4.69) is 15.0 Å². The molecular weight excluding hydrogens is 294 g/mol. The Morgan fingerprint density at radius 3 is 2.71 bits per heavy atom. The van der Waals surface area contributed by atoms with Gasteiger partial charge in [-0.05, 0) is 19.9 Å². The first-order valence-corrected chi connectivity index (χ1v) is 6.49. The van der Waals surface area contributed by atoms with Crippen LogP contribution in [-0.2, 0) is 0 Å². The minimum Gasteiger partial charge on any atom is -0.292 e. The standard InChI is InChI=1S/C13H10ClN5O2/c1-7-15-12(14)11-13(16-7)17-8(2)18(11)9-4-3-5-10(6-9)19(20)21/h3-6H,1-2H3. The lowest BCUT2D eigenvalue weighted by atomic mass is 10.2. The van der Waals surface area contributed by atoms with Gasteiger partial charge in [-0.15, -0.1) is 0 Å². The third-order valence-electron chi connectivity index (χ3n) is 3.05. The van der Waals surface area contributed by atoms with Crippen LogP contribution in [0.4, 0.5) is 5.69 Å². The molecule has 0 saturated heterocycles. The first-order chi connectivity index (χ1) is 9.97. The summed E-state index contributed by atoms with van der Waals surface area (Å²) in [7, 11) is 0. The van der Waals surface area contributed by atoms with E-state index in [9.17, 15) is 10.1 Å². The van der Waals surface area contributed by atoms with Crippen LogP contribution in [0, 0.1) is 24.0 Å². The summed E-state index contributed by atoms with van der Waals surface area (Å²) < 4.78 is 1.71. The molecule has 21 heavy (non-hydrogen) atoms. The molecule has 106 valence electrons. The molecule has 0 aliphatic rings. The number of fused-ring (bicyclic) bond motifs is 1. The summed E-state index contributed by atoms with van der Waals surface area (Å²) in [5, 5.41) is 11.2. The number of nitro benzene ring substituents is 1. The lowest BCUT2D eigenvalue weighted by molar-refractivity contribution is -0.384. The van der Waals surface area contributed by atoms with E-state index in [1.54, 1.807) is 30.5 Å². The number of rotatable bonds is 2. The molecule has 0 aliphatic carbocycles. The molecule has 0 aliphatic heterocycles.